The summed E-state index contributed by atoms with van der Waals surface area (Å²) in [6.07, 6.45) is 0. The molecule has 0 atom stereocenters. The molecule has 0 saturated carbocycles. The van der Waals surface area contributed by atoms with Gasteiger partial charge in [-0.3, -0.25) is 0 Å². The minimum atomic E-state index is 0.189. The molecule has 0 aliphatic carbocycles. The number of nitrogens with zero attached hydrogens (tertiary/aromatic N) is 1. The Morgan fingerprint density at radius 3 is 2.85 bits per heavy atom. The van der Waals surface area contributed by atoms with E-state index in [1.54, 1.807) is 24.3 Å². The van der Waals surface area contributed by atoms with Crippen LogP contribution in [-0.4, -0.2) is 10.1 Å². The highest BCUT2D eigenvalue weighted by molar-refractivity contribution is 9.10. The molecule has 0 spiro atoms. The molecule has 0 bridgehead atoms. The molecule has 0 saturated heterocycles. The van der Waals surface area contributed by atoms with Gasteiger partial charge in [-0.05, 0) is 34.1 Å². The number of pyridine rings is 1. The molecular weight excluding hydrogens is 253 g/mol. The number of benzene rings is 1. The van der Waals surface area contributed by atoms with Gasteiger partial charge in [-0.15, -0.1) is 0 Å². The zero-order chi connectivity index (χ0) is 9.42. The van der Waals surface area contributed by atoms with Gasteiger partial charge in [0.2, 0.25) is 0 Å². The Morgan fingerprint density at radius 1 is 1.31 bits per heavy atom. The van der Waals surface area contributed by atoms with Crippen LogP contribution in [0.15, 0.2) is 28.9 Å². The maximum Gasteiger partial charge on any atom is 0.117 e. The summed E-state index contributed by atoms with van der Waals surface area (Å²) in [5.41, 5.74) is 0.680. The molecule has 1 aromatic carbocycles. The molecule has 4 heteroatoms. The third kappa shape index (κ3) is 1.62. The van der Waals surface area contributed by atoms with Crippen LogP contribution in [0.1, 0.15) is 0 Å². The van der Waals surface area contributed by atoms with Gasteiger partial charge in [0.25, 0.3) is 0 Å². The predicted octanol–water partition coefficient (Wildman–Crippen LogP) is 3.36. The van der Waals surface area contributed by atoms with E-state index in [1.165, 1.54) is 0 Å². The fraction of sp³-hybridized carbons (Fsp3) is 0. The van der Waals surface area contributed by atoms with E-state index < -0.39 is 0 Å². The molecule has 0 aliphatic rings. The second-order valence-electron chi connectivity index (χ2n) is 2.63. The van der Waals surface area contributed by atoms with Crippen molar-refractivity contribution in [2.75, 3.05) is 0 Å². The highest BCUT2D eigenvalue weighted by Gasteiger charge is 2.02. The van der Waals surface area contributed by atoms with E-state index in [0.29, 0.717) is 15.1 Å². The summed E-state index contributed by atoms with van der Waals surface area (Å²) in [6.45, 7) is 0. The van der Waals surface area contributed by atoms with E-state index in [9.17, 15) is 5.11 Å². The number of phenols is 1. The van der Waals surface area contributed by atoms with Crippen LogP contribution in [0.2, 0.25) is 5.02 Å². The van der Waals surface area contributed by atoms with Crippen LogP contribution in [-0.2, 0) is 0 Å². The molecule has 13 heavy (non-hydrogen) atoms. The Morgan fingerprint density at radius 2 is 2.08 bits per heavy atom. The number of halogens is 2. The van der Waals surface area contributed by atoms with Crippen molar-refractivity contribution < 1.29 is 5.11 Å². The highest BCUT2D eigenvalue weighted by Crippen LogP contribution is 2.27. The number of hydrogen-bond donors (Lipinski definition) is 1. The molecule has 1 heterocycles. The van der Waals surface area contributed by atoms with Crippen LogP contribution >= 0.6 is 27.5 Å². The Bertz CT molecular complexity index is 467. The maximum absolute atomic E-state index is 9.21. The molecular formula is C9H5BrClNO. The van der Waals surface area contributed by atoms with Gasteiger partial charge in [0.15, 0.2) is 0 Å². The molecule has 2 aromatic rings. The third-order valence-electron chi connectivity index (χ3n) is 1.71. The molecule has 2 rings (SSSR count). The number of aromatic nitrogens is 1. The minimum absolute atomic E-state index is 0.189. The van der Waals surface area contributed by atoms with Crippen LogP contribution in [0.4, 0.5) is 0 Å². The summed E-state index contributed by atoms with van der Waals surface area (Å²) in [6, 6.07) is 6.63. The maximum atomic E-state index is 9.21. The minimum Gasteiger partial charge on any atom is -0.508 e. The number of fused-ring (bicyclic) bond motifs is 1. The van der Waals surface area contributed by atoms with E-state index in [0.717, 1.165) is 5.39 Å². The van der Waals surface area contributed by atoms with Crippen LogP contribution in [0.25, 0.3) is 10.9 Å². The Kier molecular flexibility index (Phi) is 2.14. The van der Waals surface area contributed by atoms with Crippen LogP contribution in [0.3, 0.4) is 0 Å². The zero-order valence-corrected chi connectivity index (χ0v) is 8.80. The third-order valence-corrected chi connectivity index (χ3v) is 2.43. The van der Waals surface area contributed by atoms with E-state index >= 15 is 0 Å². The first kappa shape index (κ1) is 8.78. The van der Waals surface area contributed by atoms with E-state index in [1.807, 2.05) is 0 Å². The van der Waals surface area contributed by atoms with Crippen molar-refractivity contribution in [2.45, 2.75) is 0 Å². The number of aromatic hydroxyl groups is 1. The summed E-state index contributed by atoms with van der Waals surface area (Å²) in [4.78, 5) is 4.17. The van der Waals surface area contributed by atoms with E-state index in [4.69, 9.17) is 11.6 Å². The van der Waals surface area contributed by atoms with Gasteiger partial charge in [-0.25, -0.2) is 4.98 Å². The van der Waals surface area contributed by atoms with Crippen LogP contribution in [0, 0.1) is 0 Å². The Hall–Kier alpha value is -0.800. The smallest absolute Gasteiger partial charge is 0.117 e. The van der Waals surface area contributed by atoms with Gasteiger partial charge in [-0.1, -0.05) is 11.6 Å². The van der Waals surface area contributed by atoms with Crippen molar-refractivity contribution in [1.29, 1.82) is 0 Å². The van der Waals surface area contributed by atoms with Gasteiger partial charge in [-0.2, -0.15) is 0 Å². The lowest BCUT2D eigenvalue weighted by molar-refractivity contribution is 0.476. The molecule has 2 nitrogen and oxygen atoms in total. The van der Waals surface area contributed by atoms with Crippen LogP contribution < -0.4 is 0 Å². The number of rotatable bonds is 0. The monoisotopic (exact) mass is 257 g/mol. The first-order valence-corrected chi connectivity index (χ1v) is 4.79. The van der Waals surface area contributed by atoms with Crippen molar-refractivity contribution >= 4 is 38.4 Å². The largest absolute Gasteiger partial charge is 0.508 e. The van der Waals surface area contributed by atoms with Crippen molar-refractivity contribution in [1.82, 2.24) is 4.98 Å². The summed E-state index contributed by atoms with van der Waals surface area (Å²) >= 11 is 9.19. The fourth-order valence-electron chi connectivity index (χ4n) is 1.14. The Balaban J connectivity index is 2.86. The van der Waals surface area contributed by atoms with Crippen molar-refractivity contribution in [3.05, 3.63) is 33.9 Å². The van der Waals surface area contributed by atoms with E-state index in [-0.39, 0.29) is 5.75 Å². The number of hydrogen-bond acceptors (Lipinski definition) is 2. The van der Waals surface area contributed by atoms with Crippen molar-refractivity contribution in [3.63, 3.8) is 0 Å². The normalized spacial score (nSPS) is 10.6. The van der Waals surface area contributed by atoms with Gasteiger partial charge in [0.1, 0.15) is 10.4 Å². The fourth-order valence-corrected chi connectivity index (χ4v) is 1.96. The summed E-state index contributed by atoms with van der Waals surface area (Å²) in [7, 11) is 0. The molecule has 66 valence electrons. The molecule has 0 radical (unpaired) electrons. The zero-order valence-electron chi connectivity index (χ0n) is 6.46. The van der Waals surface area contributed by atoms with E-state index in [2.05, 4.69) is 20.9 Å². The lowest BCUT2D eigenvalue weighted by Crippen LogP contribution is -1.81. The quantitative estimate of drug-likeness (QED) is 0.735. The van der Waals surface area contributed by atoms with Crippen molar-refractivity contribution in [2.24, 2.45) is 0 Å². The van der Waals surface area contributed by atoms with Crippen molar-refractivity contribution in [3.8, 4) is 5.75 Å². The van der Waals surface area contributed by atoms with Gasteiger partial charge in [0.05, 0.1) is 10.5 Å². The lowest BCUT2D eigenvalue weighted by atomic mass is 10.2. The summed E-state index contributed by atoms with van der Waals surface area (Å²) in [5.74, 6) is 0.189. The molecule has 0 fully saturated rings. The van der Waals surface area contributed by atoms with Gasteiger partial charge >= 0.3 is 0 Å². The first-order valence-electron chi connectivity index (χ1n) is 3.61. The average Bonchev–Trinajstić information content (AvgIpc) is 2.02. The SMILES string of the molecule is Oc1ccc2c(Cl)cc(Br)nc2c1. The first-order chi connectivity index (χ1) is 6.16. The standard InChI is InChI=1S/C9H5BrClNO/c10-9-4-7(11)6-2-1-5(13)3-8(6)12-9/h1-4,13H. The molecule has 1 aromatic heterocycles. The second kappa shape index (κ2) is 3.16. The van der Waals surface area contributed by atoms with Crippen LogP contribution in [0.5, 0.6) is 5.75 Å². The highest BCUT2D eigenvalue weighted by atomic mass is 79.9. The average molecular weight is 259 g/mol. The topological polar surface area (TPSA) is 33.1 Å². The lowest BCUT2D eigenvalue weighted by Gasteiger charge is -2.00. The molecule has 0 amide bonds. The molecule has 0 aliphatic heterocycles. The molecule has 0 unspecified atom stereocenters. The van der Waals surface area contributed by atoms with Gasteiger partial charge in [0, 0.05) is 11.5 Å². The number of phenolic OH excluding ortho intramolecular Hbond substituents is 1. The molecule has 1 N–H and O–H groups in total. The summed E-state index contributed by atoms with van der Waals surface area (Å²) < 4.78 is 0.663. The second-order valence-corrected chi connectivity index (χ2v) is 3.85. The van der Waals surface area contributed by atoms with Gasteiger partial charge < -0.3 is 5.11 Å². The summed E-state index contributed by atoms with van der Waals surface area (Å²) in [5, 5.41) is 10.7. The Labute approximate surface area is 88.3 Å². The predicted molar refractivity (Wildman–Crippen MR) is 56.1 cm³/mol.